The molecule has 0 unspecified atom stereocenters. The molecule has 4 nitrogen and oxygen atoms in total. The maximum atomic E-state index is 3.85. The topological polar surface area (TPSA) is 50.6 Å². The largest absolute Gasteiger partial charge is 0.354 e. The Morgan fingerprint density at radius 3 is 0.763 bits per heavy atom. The molecule has 0 aliphatic carbocycles. The maximum absolute atomic E-state index is 3.85. The van der Waals surface area contributed by atoms with Crippen LogP contribution in [-0.2, 0) is 0 Å². The Kier molecular flexibility index (Phi) is 10.2. The molecular weight excluding hydrogens is 921 g/mol. The van der Waals surface area contributed by atoms with Crippen LogP contribution in [0.15, 0.2) is 273 Å². The molecule has 0 spiro atoms. The SMILES string of the molecule is c1ccc2c(-c3[nH]c4ccccc4c3-c3ccc(N(c4ccc(-c5c(-c6cccc7ccccc67)[nH]c6ccccc56)cc4)c4ccc(-c5c(-c6cccc7ccccc67)[nH]c6ccccc56)cc4)cc3)cccc2c1. The van der Waals surface area contributed by atoms with Crippen LogP contribution in [0.5, 0.6) is 0 Å². The highest BCUT2D eigenvalue weighted by Crippen LogP contribution is 2.47. The summed E-state index contributed by atoms with van der Waals surface area (Å²) in [6.45, 7) is 0. The van der Waals surface area contributed by atoms with E-state index in [2.05, 4.69) is 293 Å². The Balaban J connectivity index is 0.879. The molecule has 356 valence electrons. The average Bonchev–Trinajstić information content (AvgIpc) is 4.24. The fourth-order valence-electron chi connectivity index (χ4n) is 12.0. The van der Waals surface area contributed by atoms with E-state index in [-0.39, 0.29) is 0 Å². The second-order valence-electron chi connectivity index (χ2n) is 19.8. The van der Waals surface area contributed by atoms with Gasteiger partial charge in [0, 0.05) is 83.2 Å². The quantitative estimate of drug-likeness (QED) is 0.133. The molecule has 0 aliphatic heterocycles. The van der Waals surface area contributed by atoms with Gasteiger partial charge in [-0.25, -0.2) is 0 Å². The maximum Gasteiger partial charge on any atom is 0.0550 e. The van der Waals surface area contributed by atoms with E-state index in [0.717, 1.165) is 67.4 Å². The van der Waals surface area contributed by atoms with Crippen molar-refractivity contribution in [2.24, 2.45) is 0 Å². The van der Waals surface area contributed by atoms with Gasteiger partial charge in [0.05, 0.1) is 17.1 Å². The van der Waals surface area contributed by atoms with Crippen molar-refractivity contribution in [1.29, 1.82) is 0 Å². The molecule has 4 heteroatoms. The third kappa shape index (κ3) is 7.14. The minimum Gasteiger partial charge on any atom is -0.354 e. The summed E-state index contributed by atoms with van der Waals surface area (Å²) in [5.74, 6) is 0. The van der Waals surface area contributed by atoms with Crippen LogP contribution in [0, 0.1) is 0 Å². The summed E-state index contributed by atoms with van der Waals surface area (Å²) in [5.41, 5.74) is 20.5. The molecule has 0 fully saturated rings. The zero-order chi connectivity index (χ0) is 50.1. The van der Waals surface area contributed by atoms with Crippen LogP contribution in [0.3, 0.4) is 0 Å². The van der Waals surface area contributed by atoms with Crippen LogP contribution in [0.2, 0.25) is 0 Å². The summed E-state index contributed by atoms with van der Waals surface area (Å²) < 4.78 is 0. The second-order valence-corrected chi connectivity index (χ2v) is 19.8. The average molecular weight is 969 g/mol. The van der Waals surface area contributed by atoms with Crippen LogP contribution < -0.4 is 4.90 Å². The van der Waals surface area contributed by atoms with Gasteiger partial charge in [-0.3, -0.25) is 0 Å². The number of H-pyrrole nitrogens is 3. The van der Waals surface area contributed by atoms with E-state index >= 15 is 0 Å². The molecule has 0 radical (unpaired) electrons. The van der Waals surface area contributed by atoms with Gasteiger partial charge >= 0.3 is 0 Å². The van der Waals surface area contributed by atoms with Crippen molar-refractivity contribution >= 4 is 82.1 Å². The molecule has 3 aromatic heterocycles. The van der Waals surface area contributed by atoms with Crippen LogP contribution >= 0.6 is 0 Å². The summed E-state index contributed by atoms with van der Waals surface area (Å²) in [5, 5.41) is 10.9. The summed E-state index contributed by atoms with van der Waals surface area (Å²) in [6.07, 6.45) is 0. The van der Waals surface area contributed by atoms with Crippen molar-refractivity contribution in [2.75, 3.05) is 4.90 Å². The number of hydrogen-bond donors (Lipinski definition) is 3. The van der Waals surface area contributed by atoms with Crippen LogP contribution in [-0.4, -0.2) is 15.0 Å². The summed E-state index contributed by atoms with van der Waals surface area (Å²) in [7, 11) is 0. The zero-order valence-electron chi connectivity index (χ0n) is 41.4. The predicted octanol–water partition coefficient (Wildman–Crippen LogP) is 20.1. The summed E-state index contributed by atoms with van der Waals surface area (Å²) >= 11 is 0. The van der Waals surface area contributed by atoms with E-state index < -0.39 is 0 Å². The van der Waals surface area contributed by atoms with Gasteiger partial charge in [-0.15, -0.1) is 0 Å². The molecule has 12 aromatic carbocycles. The van der Waals surface area contributed by atoms with Crippen molar-refractivity contribution < 1.29 is 0 Å². The molecule has 0 saturated heterocycles. The highest BCUT2D eigenvalue weighted by molar-refractivity contribution is 6.12. The van der Waals surface area contributed by atoms with Crippen molar-refractivity contribution in [2.45, 2.75) is 0 Å². The number of aromatic amines is 3. The van der Waals surface area contributed by atoms with Gasteiger partial charge in [0.1, 0.15) is 0 Å². The summed E-state index contributed by atoms with van der Waals surface area (Å²) in [4.78, 5) is 13.9. The number of fused-ring (bicyclic) bond motifs is 6. The molecule has 3 N–H and O–H groups in total. The molecular formula is C72H48N4. The van der Waals surface area contributed by atoms with E-state index in [1.54, 1.807) is 0 Å². The fraction of sp³-hybridized carbons (Fsp3) is 0. The van der Waals surface area contributed by atoms with Crippen LogP contribution in [0.25, 0.3) is 132 Å². The molecule has 15 aromatic rings. The van der Waals surface area contributed by atoms with Gasteiger partial charge in [-0.05, 0) is 104 Å². The number of rotatable bonds is 9. The van der Waals surface area contributed by atoms with E-state index in [1.165, 1.54) is 81.9 Å². The zero-order valence-corrected chi connectivity index (χ0v) is 41.4. The Labute approximate surface area is 439 Å². The molecule has 0 bridgehead atoms. The van der Waals surface area contributed by atoms with E-state index in [0.29, 0.717) is 0 Å². The first-order chi connectivity index (χ1) is 37.7. The smallest absolute Gasteiger partial charge is 0.0550 e. The van der Waals surface area contributed by atoms with Crippen LogP contribution in [0.1, 0.15) is 0 Å². The van der Waals surface area contributed by atoms with E-state index in [1.807, 2.05) is 0 Å². The third-order valence-electron chi connectivity index (χ3n) is 15.5. The molecule has 3 heterocycles. The lowest BCUT2D eigenvalue weighted by atomic mass is 9.94. The van der Waals surface area contributed by atoms with Crippen molar-refractivity contribution in [3.63, 3.8) is 0 Å². The Bertz CT molecular complexity index is 4190. The predicted molar refractivity (Wildman–Crippen MR) is 322 cm³/mol. The van der Waals surface area contributed by atoms with Gasteiger partial charge < -0.3 is 19.9 Å². The molecule has 0 amide bonds. The standard InChI is InChI=1S/C72H48N4/c1-4-22-55-46(16-1)19-13-28-58(55)70-67(61-25-7-10-31-64(61)73-70)49-34-40-52(41-35-49)76(53-42-36-50(37-43-53)68-62-26-8-11-32-65(62)74-71(68)59-29-14-20-47-17-2-5-23-56(47)59)54-44-38-51(39-45-54)69-63-27-9-12-33-66(63)75-72(69)60-30-15-21-48-18-3-6-24-57(48)60/h1-45,73-75H. The number of benzene rings is 12. The molecule has 76 heavy (non-hydrogen) atoms. The van der Waals surface area contributed by atoms with Crippen LogP contribution in [0.4, 0.5) is 17.1 Å². The highest BCUT2D eigenvalue weighted by Gasteiger charge is 2.22. The minimum atomic E-state index is 1.06. The highest BCUT2D eigenvalue weighted by atomic mass is 15.1. The first-order valence-corrected chi connectivity index (χ1v) is 26.1. The monoisotopic (exact) mass is 968 g/mol. The lowest BCUT2D eigenvalue weighted by Crippen LogP contribution is -2.09. The second kappa shape index (κ2) is 17.8. The normalized spacial score (nSPS) is 11.7. The fourth-order valence-corrected chi connectivity index (χ4v) is 12.0. The number of anilines is 3. The molecule has 0 saturated carbocycles. The summed E-state index contributed by atoms with van der Waals surface area (Å²) in [6, 6.07) is 99.2. The first-order valence-electron chi connectivity index (χ1n) is 26.1. The van der Waals surface area contributed by atoms with Gasteiger partial charge in [0.25, 0.3) is 0 Å². The molecule has 15 rings (SSSR count). The molecule has 0 aliphatic rings. The Morgan fingerprint density at radius 1 is 0.211 bits per heavy atom. The van der Waals surface area contributed by atoms with Gasteiger partial charge in [0.15, 0.2) is 0 Å². The van der Waals surface area contributed by atoms with Crippen molar-refractivity contribution in [3.8, 4) is 67.2 Å². The lowest BCUT2D eigenvalue weighted by Gasteiger charge is -2.26. The number of para-hydroxylation sites is 3. The number of hydrogen-bond acceptors (Lipinski definition) is 1. The minimum absolute atomic E-state index is 1.06. The number of nitrogens with one attached hydrogen (secondary N) is 3. The number of nitrogens with zero attached hydrogens (tertiary/aromatic N) is 1. The Morgan fingerprint density at radius 2 is 0.461 bits per heavy atom. The first kappa shape index (κ1) is 43.4. The van der Waals surface area contributed by atoms with Gasteiger partial charge in [0.2, 0.25) is 0 Å². The lowest BCUT2D eigenvalue weighted by molar-refractivity contribution is 1.28. The number of aromatic nitrogens is 3. The Hall–Kier alpha value is -10.2. The van der Waals surface area contributed by atoms with Gasteiger partial charge in [-0.2, -0.15) is 0 Å². The van der Waals surface area contributed by atoms with E-state index in [4.69, 9.17) is 0 Å². The van der Waals surface area contributed by atoms with Crippen molar-refractivity contribution in [1.82, 2.24) is 15.0 Å². The molecule has 0 atom stereocenters. The third-order valence-corrected chi connectivity index (χ3v) is 15.5. The van der Waals surface area contributed by atoms with E-state index in [9.17, 15) is 0 Å². The van der Waals surface area contributed by atoms with Gasteiger partial charge in [-0.1, -0.05) is 218 Å². The van der Waals surface area contributed by atoms with Crippen molar-refractivity contribution in [3.05, 3.63) is 273 Å².